The fourth-order valence-corrected chi connectivity index (χ4v) is 3.45. The standard InChI is InChI=1S/C19H15N3O4S/c1-22-15-8-12(4-7-16(15)26-9-17(22)23)14-10-27-19(21-14)20-13-5-2-11(3-6-13)18(24)25/h2-8,10H,9H2,1H3,(H,20,21)(H,24,25). The molecule has 1 aromatic heterocycles. The number of aromatic carboxylic acids is 1. The van der Waals surface area contributed by atoms with E-state index in [1.165, 1.54) is 23.5 Å². The summed E-state index contributed by atoms with van der Waals surface area (Å²) in [4.78, 5) is 28.9. The molecule has 0 saturated heterocycles. The molecule has 7 nitrogen and oxygen atoms in total. The summed E-state index contributed by atoms with van der Waals surface area (Å²) < 4.78 is 5.44. The molecule has 2 aromatic carbocycles. The van der Waals surface area contributed by atoms with Gasteiger partial charge in [-0.05, 0) is 42.5 Å². The van der Waals surface area contributed by atoms with E-state index in [2.05, 4.69) is 10.3 Å². The molecular formula is C19H15N3O4S. The van der Waals surface area contributed by atoms with Gasteiger partial charge in [0.25, 0.3) is 5.91 Å². The van der Waals surface area contributed by atoms with Gasteiger partial charge in [0.15, 0.2) is 11.7 Å². The number of carboxylic acid groups (broad SMARTS) is 1. The molecule has 0 unspecified atom stereocenters. The maximum atomic E-state index is 11.8. The first-order valence-electron chi connectivity index (χ1n) is 8.11. The fraction of sp³-hybridized carbons (Fsp3) is 0.105. The summed E-state index contributed by atoms with van der Waals surface area (Å²) in [5.74, 6) is -0.379. The van der Waals surface area contributed by atoms with Gasteiger partial charge >= 0.3 is 5.97 Å². The number of thiazole rings is 1. The van der Waals surface area contributed by atoms with Crippen molar-refractivity contribution >= 4 is 39.7 Å². The zero-order valence-corrected chi connectivity index (χ0v) is 15.1. The number of hydrogen-bond donors (Lipinski definition) is 2. The van der Waals surface area contributed by atoms with Crippen molar-refractivity contribution in [3.05, 3.63) is 53.4 Å². The first-order chi connectivity index (χ1) is 13.0. The highest BCUT2D eigenvalue weighted by Crippen LogP contribution is 2.36. The van der Waals surface area contributed by atoms with Crippen molar-refractivity contribution in [1.29, 1.82) is 0 Å². The van der Waals surface area contributed by atoms with Crippen molar-refractivity contribution in [1.82, 2.24) is 4.98 Å². The first-order valence-corrected chi connectivity index (χ1v) is 8.99. The van der Waals surface area contributed by atoms with E-state index < -0.39 is 5.97 Å². The molecule has 0 aliphatic carbocycles. The number of carbonyl (C=O) groups excluding carboxylic acids is 1. The van der Waals surface area contributed by atoms with Crippen LogP contribution in [0.5, 0.6) is 5.75 Å². The van der Waals surface area contributed by atoms with Crippen LogP contribution < -0.4 is 15.0 Å². The highest BCUT2D eigenvalue weighted by Gasteiger charge is 2.22. The second kappa shape index (κ2) is 6.73. The molecule has 2 N–H and O–H groups in total. The maximum absolute atomic E-state index is 11.8. The zero-order valence-electron chi connectivity index (χ0n) is 14.3. The van der Waals surface area contributed by atoms with Crippen LogP contribution in [0.4, 0.5) is 16.5 Å². The van der Waals surface area contributed by atoms with Crippen LogP contribution >= 0.6 is 11.3 Å². The molecular weight excluding hydrogens is 366 g/mol. The number of fused-ring (bicyclic) bond motifs is 1. The van der Waals surface area contributed by atoms with Crippen molar-refractivity contribution in [3.63, 3.8) is 0 Å². The van der Waals surface area contributed by atoms with Gasteiger partial charge in [-0.1, -0.05) is 0 Å². The lowest BCUT2D eigenvalue weighted by Gasteiger charge is -2.26. The van der Waals surface area contributed by atoms with E-state index in [9.17, 15) is 9.59 Å². The van der Waals surface area contributed by atoms with Crippen molar-refractivity contribution < 1.29 is 19.4 Å². The Bertz CT molecular complexity index is 1030. The van der Waals surface area contributed by atoms with Crippen LogP contribution in [-0.2, 0) is 4.79 Å². The van der Waals surface area contributed by atoms with Crippen LogP contribution in [0.25, 0.3) is 11.3 Å². The number of amides is 1. The van der Waals surface area contributed by atoms with Crippen LogP contribution in [-0.4, -0.2) is 35.6 Å². The lowest BCUT2D eigenvalue weighted by Crippen LogP contribution is -2.35. The van der Waals surface area contributed by atoms with Crippen LogP contribution in [0.2, 0.25) is 0 Å². The molecule has 0 atom stereocenters. The predicted molar refractivity (Wildman–Crippen MR) is 103 cm³/mol. The number of benzene rings is 2. The highest BCUT2D eigenvalue weighted by molar-refractivity contribution is 7.14. The number of carboxylic acids is 1. The summed E-state index contributed by atoms with van der Waals surface area (Å²) in [6, 6.07) is 12.1. The average Bonchev–Trinajstić information content (AvgIpc) is 3.13. The number of anilines is 3. The molecule has 3 aromatic rings. The van der Waals surface area contributed by atoms with Gasteiger partial charge in [-0.25, -0.2) is 9.78 Å². The minimum Gasteiger partial charge on any atom is -0.482 e. The Kier molecular flexibility index (Phi) is 4.25. The van der Waals surface area contributed by atoms with Crippen molar-refractivity contribution in [2.45, 2.75) is 0 Å². The SMILES string of the molecule is CN1C(=O)COc2ccc(-c3csc(Nc4ccc(C(=O)O)cc4)n3)cc21. The van der Waals surface area contributed by atoms with E-state index in [1.807, 2.05) is 23.6 Å². The van der Waals surface area contributed by atoms with Crippen molar-refractivity contribution in [2.24, 2.45) is 0 Å². The third kappa shape index (κ3) is 3.34. The van der Waals surface area contributed by atoms with Gasteiger partial charge in [0, 0.05) is 23.7 Å². The third-order valence-electron chi connectivity index (χ3n) is 4.23. The molecule has 1 aliphatic heterocycles. The summed E-state index contributed by atoms with van der Waals surface area (Å²) in [5, 5.41) is 14.7. The smallest absolute Gasteiger partial charge is 0.335 e. The van der Waals surface area contributed by atoms with Crippen LogP contribution in [0.15, 0.2) is 47.8 Å². The van der Waals surface area contributed by atoms with E-state index in [-0.39, 0.29) is 18.1 Å². The summed E-state index contributed by atoms with van der Waals surface area (Å²) in [6.45, 7) is 0.0499. The predicted octanol–water partition coefficient (Wildman–Crippen LogP) is 3.61. The first kappa shape index (κ1) is 17.0. The van der Waals surface area contributed by atoms with Gasteiger partial charge in [0.2, 0.25) is 0 Å². The van der Waals surface area contributed by atoms with Gasteiger partial charge < -0.3 is 20.1 Å². The summed E-state index contributed by atoms with van der Waals surface area (Å²) in [7, 11) is 1.72. The van der Waals surface area contributed by atoms with Gasteiger partial charge in [0.1, 0.15) is 5.75 Å². The Morgan fingerprint density at radius 1 is 1.26 bits per heavy atom. The Labute approximate surface area is 158 Å². The van der Waals surface area contributed by atoms with Gasteiger partial charge in [-0.3, -0.25) is 4.79 Å². The molecule has 136 valence electrons. The minimum absolute atomic E-state index is 0.0499. The number of aromatic nitrogens is 1. The second-order valence-electron chi connectivity index (χ2n) is 5.97. The molecule has 0 bridgehead atoms. The van der Waals surface area contributed by atoms with Gasteiger partial charge in [-0.2, -0.15) is 0 Å². The van der Waals surface area contributed by atoms with E-state index in [4.69, 9.17) is 9.84 Å². The van der Waals surface area contributed by atoms with Crippen LogP contribution in [0.3, 0.4) is 0 Å². The topological polar surface area (TPSA) is 91.8 Å². The summed E-state index contributed by atoms with van der Waals surface area (Å²) >= 11 is 1.44. The quantitative estimate of drug-likeness (QED) is 0.717. The van der Waals surface area contributed by atoms with Crippen LogP contribution in [0, 0.1) is 0 Å². The Morgan fingerprint density at radius 3 is 2.78 bits per heavy atom. The lowest BCUT2D eigenvalue weighted by atomic mass is 10.1. The zero-order chi connectivity index (χ0) is 19.0. The molecule has 0 saturated carbocycles. The number of likely N-dealkylation sites (N-methyl/N-ethyl adjacent to an activating group) is 1. The van der Waals surface area contributed by atoms with Crippen molar-refractivity contribution in [2.75, 3.05) is 23.9 Å². The molecule has 4 rings (SSSR count). The van der Waals surface area contributed by atoms with E-state index in [0.29, 0.717) is 10.9 Å². The van der Waals surface area contributed by atoms with Crippen LogP contribution in [0.1, 0.15) is 10.4 Å². The summed E-state index contributed by atoms with van der Waals surface area (Å²) in [6.07, 6.45) is 0. The molecule has 2 heterocycles. The highest BCUT2D eigenvalue weighted by atomic mass is 32.1. The van der Waals surface area contributed by atoms with Crippen molar-refractivity contribution in [3.8, 4) is 17.0 Å². The number of rotatable bonds is 4. The van der Waals surface area contributed by atoms with E-state index >= 15 is 0 Å². The molecule has 27 heavy (non-hydrogen) atoms. The second-order valence-corrected chi connectivity index (χ2v) is 6.83. The Morgan fingerprint density at radius 2 is 2.04 bits per heavy atom. The average molecular weight is 381 g/mol. The molecule has 8 heteroatoms. The normalized spacial score (nSPS) is 13.1. The Balaban J connectivity index is 1.56. The number of hydrogen-bond acceptors (Lipinski definition) is 6. The van der Waals surface area contributed by atoms with Gasteiger partial charge in [0.05, 0.1) is 16.9 Å². The molecule has 0 fully saturated rings. The Hall–Kier alpha value is -3.39. The minimum atomic E-state index is -0.960. The number of carbonyl (C=O) groups is 2. The monoisotopic (exact) mass is 381 g/mol. The largest absolute Gasteiger partial charge is 0.482 e. The third-order valence-corrected chi connectivity index (χ3v) is 4.99. The molecule has 1 aliphatic rings. The fourth-order valence-electron chi connectivity index (χ4n) is 2.71. The molecule has 0 radical (unpaired) electrons. The molecule has 1 amide bonds. The molecule has 0 spiro atoms. The number of nitrogens with one attached hydrogen (secondary N) is 1. The lowest BCUT2D eigenvalue weighted by molar-refractivity contribution is -0.120. The number of ether oxygens (including phenoxy) is 1. The van der Waals surface area contributed by atoms with Gasteiger partial charge in [-0.15, -0.1) is 11.3 Å². The van der Waals surface area contributed by atoms with E-state index in [1.54, 1.807) is 24.1 Å². The maximum Gasteiger partial charge on any atom is 0.335 e. The summed E-state index contributed by atoms with van der Waals surface area (Å²) in [5.41, 5.74) is 3.36. The van der Waals surface area contributed by atoms with E-state index in [0.717, 1.165) is 22.6 Å². The number of nitrogens with zero attached hydrogens (tertiary/aromatic N) is 2.